The fourth-order valence-electron chi connectivity index (χ4n) is 3.67. The molecule has 0 bridgehead atoms. The number of hydrogen-bond donors (Lipinski definition) is 0. The highest BCUT2D eigenvalue weighted by Crippen LogP contribution is 2.65. The Bertz CT molecular complexity index is 994. The van der Waals surface area contributed by atoms with Crippen molar-refractivity contribution in [1.29, 1.82) is 0 Å². The van der Waals surface area contributed by atoms with Gasteiger partial charge in [0.15, 0.2) is 5.60 Å². The highest BCUT2D eigenvalue weighted by molar-refractivity contribution is 6.61. The van der Waals surface area contributed by atoms with E-state index in [0.717, 1.165) is 16.7 Å². The van der Waals surface area contributed by atoms with Gasteiger partial charge in [-0.2, -0.15) is 0 Å². The Hall–Kier alpha value is -1.00. The molecule has 0 saturated carbocycles. The lowest BCUT2D eigenvalue weighted by Gasteiger charge is -2.56. The topological polar surface area (TPSA) is 26.3 Å². The summed E-state index contributed by atoms with van der Waals surface area (Å²) in [6, 6.07) is 15.3. The van der Waals surface area contributed by atoms with E-state index in [1.54, 1.807) is 12.1 Å². The molecule has 1 saturated heterocycles. The number of carbonyl (C=O) groups excluding carboxylic acids is 1. The third-order valence-electron chi connectivity index (χ3n) is 5.12. The molecule has 0 unspecified atom stereocenters. The molecular formula is C21H13Cl5O2. The summed E-state index contributed by atoms with van der Waals surface area (Å²) in [6.07, 6.45) is -0.355. The van der Waals surface area contributed by atoms with Crippen molar-refractivity contribution in [3.05, 3.63) is 90.4 Å². The zero-order valence-electron chi connectivity index (χ0n) is 14.5. The third-order valence-corrected chi connectivity index (χ3v) is 7.23. The van der Waals surface area contributed by atoms with Crippen molar-refractivity contribution in [1.82, 2.24) is 0 Å². The number of rotatable bonds is 2. The van der Waals surface area contributed by atoms with E-state index < -0.39 is 11.4 Å². The van der Waals surface area contributed by atoms with E-state index in [2.05, 4.69) is 0 Å². The quantitative estimate of drug-likeness (QED) is 0.460. The zero-order valence-corrected chi connectivity index (χ0v) is 18.3. The second kappa shape index (κ2) is 7.36. The average Bonchev–Trinajstić information content (AvgIpc) is 2.67. The maximum absolute atomic E-state index is 12.2. The summed E-state index contributed by atoms with van der Waals surface area (Å²) in [7, 11) is 0. The monoisotopic (exact) mass is 472 g/mol. The second-order valence-corrected chi connectivity index (χ2v) is 8.75. The predicted octanol–water partition coefficient (Wildman–Crippen LogP) is 7.20. The molecule has 2 aliphatic rings. The number of ketones is 1. The molecule has 2 atom stereocenters. The molecule has 1 fully saturated rings. The zero-order chi connectivity index (χ0) is 20.2. The summed E-state index contributed by atoms with van der Waals surface area (Å²) in [5.74, 6) is -0.954. The van der Waals surface area contributed by atoms with Crippen molar-refractivity contribution >= 4 is 63.8 Å². The van der Waals surface area contributed by atoms with Crippen LogP contribution in [0.25, 0.3) is 0 Å². The number of halogens is 5. The first-order valence-corrected chi connectivity index (χ1v) is 10.3. The molecule has 0 radical (unpaired) electrons. The van der Waals surface area contributed by atoms with Gasteiger partial charge in [0.25, 0.3) is 0 Å². The van der Waals surface area contributed by atoms with E-state index in [-0.39, 0.29) is 32.2 Å². The van der Waals surface area contributed by atoms with Gasteiger partial charge in [-0.1, -0.05) is 100.0 Å². The van der Waals surface area contributed by atoms with Crippen molar-refractivity contribution in [3.8, 4) is 0 Å². The lowest BCUT2D eigenvalue weighted by molar-refractivity contribution is -0.183. The molecule has 2 aromatic carbocycles. The van der Waals surface area contributed by atoms with Gasteiger partial charge in [0, 0.05) is 5.02 Å². The van der Waals surface area contributed by atoms with Crippen molar-refractivity contribution < 1.29 is 9.53 Å². The van der Waals surface area contributed by atoms with Gasteiger partial charge in [0.2, 0.25) is 5.78 Å². The molecule has 4 rings (SSSR count). The van der Waals surface area contributed by atoms with Crippen LogP contribution in [0, 0.1) is 6.92 Å². The highest BCUT2D eigenvalue weighted by Gasteiger charge is 2.64. The van der Waals surface area contributed by atoms with Gasteiger partial charge in [-0.3, -0.25) is 4.79 Å². The predicted molar refractivity (Wildman–Crippen MR) is 114 cm³/mol. The molecule has 1 aliphatic carbocycles. The van der Waals surface area contributed by atoms with Gasteiger partial charge in [-0.15, -0.1) is 0 Å². The first kappa shape index (κ1) is 20.3. The molecule has 0 amide bonds. The Labute approximate surface area is 187 Å². The first-order chi connectivity index (χ1) is 13.3. The average molecular weight is 475 g/mol. The number of benzene rings is 2. The van der Waals surface area contributed by atoms with Gasteiger partial charge in [-0.05, 0) is 30.2 Å². The molecule has 28 heavy (non-hydrogen) atoms. The summed E-state index contributed by atoms with van der Waals surface area (Å²) in [5, 5.41) is 0.312. The Morgan fingerprint density at radius 3 is 1.82 bits per heavy atom. The standard InChI is InChI=1S/C21H13Cl5O2/c1-10-2-4-12(5-3-10)18-14(11-6-8-13(22)9-7-11)21(28-18)19(25)15(23)17(27)16(24)20(21)26/h2-9,14,18H,1H3/t14-,18-/m0/s1. The van der Waals surface area contributed by atoms with Crippen LogP contribution in [-0.4, -0.2) is 11.4 Å². The Balaban J connectivity index is 1.89. The molecule has 0 aromatic heterocycles. The van der Waals surface area contributed by atoms with E-state index in [9.17, 15) is 4.79 Å². The summed E-state index contributed by atoms with van der Waals surface area (Å²) in [6.45, 7) is 2.01. The van der Waals surface area contributed by atoms with Crippen LogP contribution in [0.2, 0.25) is 5.02 Å². The van der Waals surface area contributed by atoms with E-state index in [1.165, 1.54) is 0 Å². The van der Waals surface area contributed by atoms with Crippen LogP contribution in [0.3, 0.4) is 0 Å². The van der Waals surface area contributed by atoms with Crippen LogP contribution in [0.15, 0.2) is 68.7 Å². The molecular weight excluding hydrogens is 461 g/mol. The molecule has 2 aromatic rings. The SMILES string of the molecule is Cc1ccc([C@@H]2OC3(C(Cl)=C(Cl)C(=O)C(Cl)=C3Cl)[C@H]2c2ccc(Cl)cc2)cc1. The maximum Gasteiger partial charge on any atom is 0.218 e. The lowest BCUT2D eigenvalue weighted by atomic mass is 9.68. The number of ether oxygens (including phenoxy) is 1. The van der Waals surface area contributed by atoms with Crippen molar-refractivity contribution in [2.45, 2.75) is 24.5 Å². The second-order valence-electron chi connectivity index (χ2n) is 6.80. The number of Topliss-reactive ketones (excluding diaryl/α,β-unsaturated/α-hetero) is 1. The Kier molecular flexibility index (Phi) is 5.33. The van der Waals surface area contributed by atoms with Crippen LogP contribution in [0.4, 0.5) is 0 Å². The number of aryl methyl sites for hydroxylation is 1. The minimum Gasteiger partial charge on any atom is -0.354 e. The number of carbonyl (C=O) groups is 1. The van der Waals surface area contributed by atoms with Gasteiger partial charge >= 0.3 is 0 Å². The van der Waals surface area contributed by atoms with Crippen LogP contribution in [0.5, 0.6) is 0 Å². The van der Waals surface area contributed by atoms with E-state index >= 15 is 0 Å². The van der Waals surface area contributed by atoms with Crippen molar-refractivity contribution in [3.63, 3.8) is 0 Å². The van der Waals surface area contributed by atoms with Gasteiger partial charge < -0.3 is 4.74 Å². The summed E-state index contributed by atoms with van der Waals surface area (Å²) < 4.78 is 6.27. The molecule has 0 N–H and O–H groups in total. The van der Waals surface area contributed by atoms with Gasteiger partial charge in [0.1, 0.15) is 10.1 Å². The van der Waals surface area contributed by atoms with Gasteiger partial charge in [-0.25, -0.2) is 0 Å². The molecule has 7 heteroatoms. The number of hydrogen-bond acceptors (Lipinski definition) is 2. The summed E-state index contributed by atoms with van der Waals surface area (Å²) in [5.41, 5.74) is 1.66. The molecule has 2 nitrogen and oxygen atoms in total. The van der Waals surface area contributed by atoms with E-state index in [0.29, 0.717) is 5.02 Å². The van der Waals surface area contributed by atoms with Crippen LogP contribution in [-0.2, 0) is 9.53 Å². The lowest BCUT2D eigenvalue weighted by Crippen LogP contribution is -2.56. The fraction of sp³-hybridized carbons (Fsp3) is 0.190. The molecule has 1 heterocycles. The molecule has 1 spiro atoms. The van der Waals surface area contributed by atoms with Crippen LogP contribution < -0.4 is 0 Å². The largest absolute Gasteiger partial charge is 0.354 e. The van der Waals surface area contributed by atoms with Crippen LogP contribution >= 0.6 is 58.0 Å². The molecule has 1 aliphatic heterocycles. The highest BCUT2D eigenvalue weighted by atomic mass is 35.5. The van der Waals surface area contributed by atoms with Gasteiger partial charge in [0.05, 0.1) is 22.1 Å². The number of allylic oxidation sites excluding steroid dienone is 2. The Morgan fingerprint density at radius 2 is 1.29 bits per heavy atom. The van der Waals surface area contributed by atoms with E-state index in [1.807, 2.05) is 43.3 Å². The third kappa shape index (κ3) is 2.94. The minimum atomic E-state index is -1.31. The smallest absolute Gasteiger partial charge is 0.218 e. The Morgan fingerprint density at radius 1 is 0.786 bits per heavy atom. The van der Waals surface area contributed by atoms with E-state index in [4.69, 9.17) is 62.7 Å². The minimum absolute atomic E-state index is 0.0388. The summed E-state index contributed by atoms with van der Waals surface area (Å²) in [4.78, 5) is 12.2. The maximum atomic E-state index is 12.2. The normalized spacial score (nSPS) is 24.0. The molecule has 144 valence electrons. The van der Waals surface area contributed by atoms with Crippen molar-refractivity contribution in [2.75, 3.05) is 0 Å². The van der Waals surface area contributed by atoms with Crippen molar-refractivity contribution in [2.24, 2.45) is 0 Å². The van der Waals surface area contributed by atoms with Crippen LogP contribution in [0.1, 0.15) is 28.7 Å². The summed E-state index contributed by atoms with van der Waals surface area (Å²) >= 11 is 31.5. The first-order valence-electron chi connectivity index (χ1n) is 8.43. The fourth-order valence-corrected chi connectivity index (χ4v) is 5.05.